The van der Waals surface area contributed by atoms with E-state index in [0.29, 0.717) is 23.1 Å². The molecule has 9 nitrogen and oxygen atoms in total. The van der Waals surface area contributed by atoms with Crippen LogP contribution in [0, 0.1) is 11.6 Å². The topological polar surface area (TPSA) is 125 Å². The third-order valence-electron chi connectivity index (χ3n) is 4.84. The highest BCUT2D eigenvalue weighted by Crippen LogP contribution is 2.29. The number of carbonyl (C=O) groups excluding carboxylic acids is 1. The first-order valence-electron chi connectivity index (χ1n) is 9.98. The average molecular weight is 493 g/mol. The van der Waals surface area contributed by atoms with Crippen molar-refractivity contribution in [2.24, 2.45) is 5.73 Å². The van der Waals surface area contributed by atoms with Gasteiger partial charge in [0.15, 0.2) is 17.5 Å². The summed E-state index contributed by atoms with van der Waals surface area (Å²) in [7, 11) is 0. The van der Waals surface area contributed by atoms with E-state index in [-0.39, 0.29) is 18.1 Å². The Bertz CT molecular complexity index is 1340. The minimum atomic E-state index is -4.91. The average Bonchev–Trinajstić information content (AvgIpc) is 3.45. The van der Waals surface area contributed by atoms with Crippen molar-refractivity contribution in [2.75, 3.05) is 5.32 Å². The van der Waals surface area contributed by atoms with E-state index in [0.717, 1.165) is 0 Å². The maximum absolute atomic E-state index is 14.3. The Balaban J connectivity index is 1.72. The first kappa shape index (κ1) is 23.8. The van der Waals surface area contributed by atoms with Crippen molar-refractivity contribution in [3.05, 3.63) is 66.1 Å². The maximum atomic E-state index is 14.3. The maximum Gasteiger partial charge on any atom is 0.409 e. The predicted molar refractivity (Wildman–Crippen MR) is 111 cm³/mol. The molecule has 0 aliphatic rings. The lowest BCUT2D eigenvalue weighted by molar-refractivity contribution is -0.149. The molecule has 3 N–H and O–H groups in total. The van der Waals surface area contributed by atoms with Crippen molar-refractivity contribution >= 4 is 11.7 Å². The Labute approximate surface area is 193 Å². The number of amides is 1. The van der Waals surface area contributed by atoms with Crippen LogP contribution < -0.4 is 11.1 Å². The van der Waals surface area contributed by atoms with Crippen molar-refractivity contribution in [1.82, 2.24) is 24.9 Å². The van der Waals surface area contributed by atoms with Crippen LogP contribution in [0.15, 0.2) is 53.4 Å². The van der Waals surface area contributed by atoms with E-state index in [1.54, 1.807) is 12.1 Å². The zero-order chi connectivity index (χ0) is 25.2. The number of nitrogens with two attached hydrogens (primary N) is 1. The van der Waals surface area contributed by atoms with Gasteiger partial charge in [0.05, 0.1) is 24.9 Å². The lowest BCUT2D eigenvalue weighted by atomic mass is 10.2. The second-order valence-corrected chi connectivity index (χ2v) is 7.35. The Kier molecular flexibility index (Phi) is 6.44. The quantitative estimate of drug-likeness (QED) is 0.360. The Morgan fingerprint density at radius 3 is 2.57 bits per heavy atom. The molecule has 0 bridgehead atoms. The highest BCUT2D eigenvalue weighted by atomic mass is 19.4. The van der Waals surface area contributed by atoms with Gasteiger partial charge in [-0.3, -0.25) is 9.48 Å². The van der Waals surface area contributed by atoms with Gasteiger partial charge in [-0.15, -0.1) is 0 Å². The number of nitrogens with zero attached hydrogens (tertiary/aromatic N) is 5. The number of benzene rings is 1. The van der Waals surface area contributed by atoms with Crippen molar-refractivity contribution in [1.29, 1.82) is 0 Å². The van der Waals surface area contributed by atoms with Crippen molar-refractivity contribution < 1.29 is 31.3 Å². The number of hydrogen-bond donors (Lipinski definition) is 2. The predicted octanol–water partition coefficient (Wildman–Crippen LogP) is 3.54. The van der Waals surface area contributed by atoms with E-state index in [1.807, 2.05) is 5.32 Å². The fraction of sp³-hybridized carbons (Fsp3) is 0.190. The van der Waals surface area contributed by atoms with E-state index < -0.39 is 42.0 Å². The van der Waals surface area contributed by atoms with E-state index in [4.69, 9.17) is 10.3 Å². The van der Waals surface area contributed by atoms with E-state index >= 15 is 0 Å². The summed E-state index contributed by atoms with van der Waals surface area (Å²) in [6.45, 7) is -0.0318. The van der Waals surface area contributed by atoms with Crippen LogP contribution in [0.4, 0.5) is 27.8 Å². The molecule has 14 heteroatoms. The summed E-state index contributed by atoms with van der Waals surface area (Å²) < 4.78 is 74.5. The van der Waals surface area contributed by atoms with Gasteiger partial charge in [0.2, 0.25) is 5.91 Å². The molecule has 1 atom stereocenters. The molecule has 0 radical (unpaired) electrons. The summed E-state index contributed by atoms with van der Waals surface area (Å²) >= 11 is 0. The molecule has 3 aromatic heterocycles. The van der Waals surface area contributed by atoms with E-state index in [9.17, 15) is 26.7 Å². The molecule has 0 saturated carbocycles. The Morgan fingerprint density at radius 2 is 1.91 bits per heavy atom. The molecule has 1 aromatic carbocycles. The van der Waals surface area contributed by atoms with Gasteiger partial charge in [0.25, 0.3) is 0 Å². The van der Waals surface area contributed by atoms with Crippen LogP contribution in [0.1, 0.15) is 12.0 Å². The molecule has 0 fully saturated rings. The van der Waals surface area contributed by atoms with E-state index in [1.165, 1.54) is 35.2 Å². The van der Waals surface area contributed by atoms with Crippen LogP contribution in [-0.4, -0.2) is 43.0 Å². The lowest BCUT2D eigenvalue weighted by Gasteiger charge is -2.21. The van der Waals surface area contributed by atoms with Gasteiger partial charge in [-0.25, -0.2) is 18.7 Å². The largest absolute Gasteiger partial charge is 0.409 e. The fourth-order valence-corrected chi connectivity index (χ4v) is 3.19. The first-order valence-corrected chi connectivity index (χ1v) is 9.98. The number of carbonyl (C=O) groups is 1. The normalized spacial score (nSPS) is 12.5. The van der Waals surface area contributed by atoms with Crippen LogP contribution in [0.2, 0.25) is 0 Å². The molecule has 1 unspecified atom stereocenters. The summed E-state index contributed by atoms with van der Waals surface area (Å²) in [5.41, 5.74) is 5.92. The molecule has 4 rings (SSSR count). The number of anilines is 1. The number of primary amides is 1. The van der Waals surface area contributed by atoms with Gasteiger partial charge >= 0.3 is 6.18 Å². The van der Waals surface area contributed by atoms with Crippen molar-refractivity contribution in [2.45, 2.75) is 25.2 Å². The van der Waals surface area contributed by atoms with Gasteiger partial charge in [-0.2, -0.15) is 18.3 Å². The molecule has 182 valence electrons. The van der Waals surface area contributed by atoms with E-state index in [2.05, 4.69) is 20.2 Å². The number of alkyl halides is 3. The fourth-order valence-electron chi connectivity index (χ4n) is 3.19. The zero-order valence-electron chi connectivity index (χ0n) is 17.6. The number of halogens is 5. The second kappa shape index (κ2) is 9.48. The van der Waals surface area contributed by atoms with Gasteiger partial charge < -0.3 is 15.6 Å². The molecular weight excluding hydrogens is 477 g/mol. The third-order valence-corrected chi connectivity index (χ3v) is 4.84. The summed E-state index contributed by atoms with van der Waals surface area (Å²) in [4.78, 5) is 18.7. The number of aromatic nitrogens is 5. The summed E-state index contributed by atoms with van der Waals surface area (Å²) in [5, 5.41) is 10.0. The highest BCUT2D eigenvalue weighted by molar-refractivity contribution is 5.75. The molecular formula is C21H16F5N7O2. The van der Waals surface area contributed by atoms with Crippen molar-refractivity contribution in [3.63, 3.8) is 0 Å². The monoisotopic (exact) mass is 493 g/mol. The number of nitrogens with one attached hydrogen (secondary N) is 1. The molecule has 0 aliphatic heterocycles. The smallest absolute Gasteiger partial charge is 0.370 e. The van der Waals surface area contributed by atoms with Gasteiger partial charge in [-0.05, 0) is 12.1 Å². The Morgan fingerprint density at radius 1 is 1.14 bits per heavy atom. The minimum absolute atomic E-state index is 0.0318. The number of hydrogen-bond acceptors (Lipinski definition) is 7. The minimum Gasteiger partial charge on any atom is -0.370 e. The molecule has 0 aliphatic carbocycles. The standard InChI is InChI=1S/C21H16F5N7O2/c22-12-4-2-1-3-11(12)10-33-16(14-5-6-35-32-14)7-15(31-33)20-28-9-13(23)19(30-20)29-17(8-18(27)34)21(24,25)26/h1-7,9,17H,8,10H2,(H2,27,34)(H,28,29,30). The molecule has 0 saturated heterocycles. The van der Waals surface area contributed by atoms with Crippen molar-refractivity contribution in [3.8, 4) is 22.9 Å². The molecule has 3 heterocycles. The summed E-state index contributed by atoms with van der Waals surface area (Å²) in [6, 6.07) is 6.49. The van der Waals surface area contributed by atoms with Gasteiger partial charge in [0.1, 0.15) is 29.5 Å². The summed E-state index contributed by atoms with van der Waals surface area (Å²) in [6.07, 6.45) is -4.07. The van der Waals surface area contributed by atoms with Crippen LogP contribution >= 0.6 is 0 Å². The van der Waals surface area contributed by atoms with Crippen LogP contribution in [-0.2, 0) is 11.3 Å². The third kappa shape index (κ3) is 5.42. The molecule has 0 spiro atoms. The molecule has 4 aromatic rings. The highest BCUT2D eigenvalue weighted by Gasteiger charge is 2.41. The molecule has 1 amide bonds. The lowest BCUT2D eigenvalue weighted by Crippen LogP contribution is -2.40. The van der Waals surface area contributed by atoms with Crippen LogP contribution in [0.5, 0.6) is 0 Å². The van der Waals surface area contributed by atoms with Crippen LogP contribution in [0.25, 0.3) is 22.9 Å². The SMILES string of the molecule is NC(=O)CC(Nc1nc(-c2cc(-c3ccon3)n(Cc3ccccc3F)n2)ncc1F)C(F)(F)F. The number of rotatable bonds is 8. The second-order valence-electron chi connectivity index (χ2n) is 7.35. The van der Waals surface area contributed by atoms with Gasteiger partial charge in [-0.1, -0.05) is 23.4 Å². The zero-order valence-corrected chi connectivity index (χ0v) is 17.6. The molecule has 35 heavy (non-hydrogen) atoms. The van der Waals surface area contributed by atoms with Crippen LogP contribution in [0.3, 0.4) is 0 Å². The van der Waals surface area contributed by atoms with Gasteiger partial charge in [0, 0.05) is 11.6 Å². The summed E-state index contributed by atoms with van der Waals surface area (Å²) in [5.74, 6) is -3.93. The Hall–Kier alpha value is -4.36. The first-order chi connectivity index (χ1) is 16.6.